The molecule has 0 aliphatic heterocycles. The quantitative estimate of drug-likeness (QED) is 0.454. The second kappa shape index (κ2) is 3.85. The molecule has 12 heavy (non-hydrogen) atoms. The van der Waals surface area contributed by atoms with Gasteiger partial charge >= 0.3 is 5.97 Å². The molecule has 1 rings (SSSR count). The van der Waals surface area contributed by atoms with Crippen molar-refractivity contribution >= 4 is 11.8 Å². The smallest absolute Gasteiger partial charge is 0.330 e. The van der Waals surface area contributed by atoms with Crippen LogP contribution in [0, 0.1) is 0 Å². The lowest BCUT2D eigenvalue weighted by atomic mass is 10.2. The first kappa shape index (κ1) is 8.71. The van der Waals surface area contributed by atoms with Crippen molar-refractivity contribution in [2.24, 2.45) is 0 Å². The SMILES string of the molecule is COC(=O)/C=C/C1=CC(=O)CC1. The van der Waals surface area contributed by atoms with Gasteiger partial charge in [0.1, 0.15) is 0 Å². The van der Waals surface area contributed by atoms with E-state index in [0.717, 1.165) is 12.0 Å². The molecule has 1 aliphatic rings. The maximum absolute atomic E-state index is 10.7. The number of hydrogen-bond donors (Lipinski definition) is 0. The van der Waals surface area contributed by atoms with E-state index in [1.165, 1.54) is 13.2 Å². The van der Waals surface area contributed by atoms with E-state index in [9.17, 15) is 9.59 Å². The van der Waals surface area contributed by atoms with Crippen molar-refractivity contribution in [2.75, 3.05) is 7.11 Å². The van der Waals surface area contributed by atoms with Gasteiger partial charge in [-0.3, -0.25) is 4.79 Å². The zero-order valence-corrected chi connectivity index (χ0v) is 6.87. The lowest BCUT2D eigenvalue weighted by Gasteiger charge is -1.90. The zero-order chi connectivity index (χ0) is 8.97. The van der Waals surface area contributed by atoms with Crippen LogP contribution in [0.3, 0.4) is 0 Å². The number of esters is 1. The number of rotatable bonds is 2. The highest BCUT2D eigenvalue weighted by atomic mass is 16.5. The summed E-state index contributed by atoms with van der Waals surface area (Å²) in [5.41, 5.74) is 0.894. The molecule has 0 atom stereocenters. The van der Waals surface area contributed by atoms with Crippen LogP contribution in [-0.4, -0.2) is 18.9 Å². The molecular weight excluding hydrogens is 156 g/mol. The summed E-state index contributed by atoms with van der Waals surface area (Å²) in [6, 6.07) is 0. The van der Waals surface area contributed by atoms with Crippen LogP contribution < -0.4 is 0 Å². The molecular formula is C9H10O3. The number of ether oxygens (including phenoxy) is 1. The Kier molecular flexibility index (Phi) is 2.80. The first-order valence-electron chi connectivity index (χ1n) is 3.72. The van der Waals surface area contributed by atoms with E-state index in [1.54, 1.807) is 12.2 Å². The Morgan fingerprint density at radius 3 is 2.83 bits per heavy atom. The van der Waals surface area contributed by atoms with Gasteiger partial charge in [0.05, 0.1) is 7.11 Å². The highest BCUT2D eigenvalue weighted by Gasteiger charge is 2.08. The Bertz CT molecular complexity index is 261. The van der Waals surface area contributed by atoms with Gasteiger partial charge in [-0.2, -0.15) is 0 Å². The highest BCUT2D eigenvalue weighted by Crippen LogP contribution is 2.15. The van der Waals surface area contributed by atoms with Crippen molar-refractivity contribution in [3.63, 3.8) is 0 Å². The predicted octanol–water partition coefficient (Wildman–Crippen LogP) is 1.00. The van der Waals surface area contributed by atoms with Gasteiger partial charge in [-0.25, -0.2) is 4.79 Å². The van der Waals surface area contributed by atoms with Crippen LogP contribution >= 0.6 is 0 Å². The predicted molar refractivity (Wildman–Crippen MR) is 43.5 cm³/mol. The monoisotopic (exact) mass is 166 g/mol. The molecule has 3 nitrogen and oxygen atoms in total. The Balaban J connectivity index is 2.52. The van der Waals surface area contributed by atoms with Gasteiger partial charge in [0.25, 0.3) is 0 Å². The topological polar surface area (TPSA) is 43.4 Å². The summed E-state index contributed by atoms with van der Waals surface area (Å²) in [6.07, 6.45) is 5.79. The van der Waals surface area contributed by atoms with Crippen LogP contribution in [0.15, 0.2) is 23.8 Å². The number of carbonyl (C=O) groups is 2. The van der Waals surface area contributed by atoms with E-state index in [0.29, 0.717) is 6.42 Å². The minimum atomic E-state index is -0.393. The Labute approximate surface area is 70.7 Å². The third kappa shape index (κ3) is 2.34. The first-order valence-corrected chi connectivity index (χ1v) is 3.72. The standard InChI is InChI=1S/C9H10O3/c1-12-9(11)5-3-7-2-4-8(10)6-7/h3,5-6H,2,4H2,1H3/b5-3+. The molecule has 0 saturated carbocycles. The summed E-state index contributed by atoms with van der Waals surface area (Å²) in [7, 11) is 1.32. The lowest BCUT2D eigenvalue weighted by Crippen LogP contribution is -1.93. The van der Waals surface area contributed by atoms with E-state index < -0.39 is 5.97 Å². The molecule has 0 spiro atoms. The van der Waals surface area contributed by atoms with Crippen molar-refractivity contribution in [3.05, 3.63) is 23.8 Å². The summed E-state index contributed by atoms with van der Waals surface area (Å²) in [6.45, 7) is 0. The van der Waals surface area contributed by atoms with Gasteiger partial charge < -0.3 is 4.74 Å². The fourth-order valence-electron chi connectivity index (χ4n) is 0.993. The average Bonchev–Trinajstić information content (AvgIpc) is 2.47. The molecule has 0 heterocycles. The van der Waals surface area contributed by atoms with Crippen molar-refractivity contribution in [1.29, 1.82) is 0 Å². The number of ketones is 1. The molecule has 0 fully saturated rings. The van der Waals surface area contributed by atoms with Crippen LogP contribution in [0.5, 0.6) is 0 Å². The van der Waals surface area contributed by atoms with E-state index in [1.807, 2.05) is 0 Å². The van der Waals surface area contributed by atoms with Crippen molar-refractivity contribution in [3.8, 4) is 0 Å². The first-order chi connectivity index (χ1) is 5.72. The van der Waals surface area contributed by atoms with Crippen LogP contribution in [-0.2, 0) is 14.3 Å². The van der Waals surface area contributed by atoms with E-state index in [2.05, 4.69) is 4.74 Å². The van der Waals surface area contributed by atoms with Crippen molar-refractivity contribution in [1.82, 2.24) is 0 Å². The number of hydrogen-bond acceptors (Lipinski definition) is 3. The highest BCUT2D eigenvalue weighted by molar-refractivity contribution is 5.94. The van der Waals surface area contributed by atoms with Gasteiger partial charge in [-0.1, -0.05) is 6.08 Å². The largest absolute Gasteiger partial charge is 0.466 e. The third-order valence-electron chi connectivity index (χ3n) is 1.64. The summed E-state index contributed by atoms with van der Waals surface area (Å²) in [4.78, 5) is 21.4. The van der Waals surface area contributed by atoms with Crippen LogP contribution in [0.4, 0.5) is 0 Å². The average molecular weight is 166 g/mol. The van der Waals surface area contributed by atoms with Gasteiger partial charge in [-0.05, 0) is 18.1 Å². The Morgan fingerprint density at radius 1 is 1.58 bits per heavy atom. The van der Waals surface area contributed by atoms with Gasteiger partial charge in [0.15, 0.2) is 5.78 Å². The number of allylic oxidation sites excluding steroid dienone is 3. The van der Waals surface area contributed by atoms with Crippen LogP contribution in [0.25, 0.3) is 0 Å². The lowest BCUT2D eigenvalue weighted by molar-refractivity contribution is -0.134. The molecule has 1 aliphatic carbocycles. The van der Waals surface area contributed by atoms with E-state index in [-0.39, 0.29) is 5.78 Å². The summed E-state index contributed by atoms with van der Waals surface area (Å²) in [5.74, 6) is -0.269. The van der Waals surface area contributed by atoms with Gasteiger partial charge in [0, 0.05) is 12.5 Å². The Morgan fingerprint density at radius 2 is 2.33 bits per heavy atom. The molecule has 0 radical (unpaired) electrons. The molecule has 0 aromatic heterocycles. The molecule has 0 N–H and O–H groups in total. The normalized spacial score (nSPS) is 16.8. The molecule has 0 saturated heterocycles. The maximum Gasteiger partial charge on any atom is 0.330 e. The number of carbonyl (C=O) groups excluding carboxylic acids is 2. The van der Waals surface area contributed by atoms with Crippen LogP contribution in [0.1, 0.15) is 12.8 Å². The Hall–Kier alpha value is -1.38. The fraction of sp³-hybridized carbons (Fsp3) is 0.333. The summed E-state index contributed by atoms with van der Waals surface area (Å²) >= 11 is 0. The van der Waals surface area contributed by atoms with Crippen LogP contribution in [0.2, 0.25) is 0 Å². The molecule has 0 aromatic carbocycles. The van der Waals surface area contributed by atoms with E-state index >= 15 is 0 Å². The molecule has 0 aromatic rings. The van der Waals surface area contributed by atoms with Crippen molar-refractivity contribution < 1.29 is 14.3 Å². The molecule has 0 amide bonds. The second-order valence-corrected chi connectivity index (χ2v) is 2.54. The molecule has 3 heteroatoms. The summed E-state index contributed by atoms with van der Waals surface area (Å²) < 4.78 is 4.40. The van der Waals surface area contributed by atoms with Gasteiger partial charge in [0.2, 0.25) is 0 Å². The van der Waals surface area contributed by atoms with E-state index in [4.69, 9.17) is 0 Å². The molecule has 0 unspecified atom stereocenters. The van der Waals surface area contributed by atoms with Crippen molar-refractivity contribution in [2.45, 2.75) is 12.8 Å². The molecule has 0 bridgehead atoms. The second-order valence-electron chi connectivity index (χ2n) is 2.54. The fourth-order valence-corrected chi connectivity index (χ4v) is 0.993. The maximum atomic E-state index is 10.7. The number of methoxy groups -OCH3 is 1. The minimum absolute atomic E-state index is 0.125. The molecule has 64 valence electrons. The zero-order valence-electron chi connectivity index (χ0n) is 6.87. The van der Waals surface area contributed by atoms with Gasteiger partial charge in [-0.15, -0.1) is 0 Å². The minimum Gasteiger partial charge on any atom is -0.466 e. The third-order valence-corrected chi connectivity index (χ3v) is 1.64. The summed E-state index contributed by atoms with van der Waals surface area (Å²) in [5, 5.41) is 0.